The normalized spacial score (nSPS) is 21.5. The summed E-state index contributed by atoms with van der Waals surface area (Å²) in [5, 5.41) is 3.39. The third kappa shape index (κ3) is 3.12. The average Bonchev–Trinajstić information content (AvgIpc) is 2.84. The first kappa shape index (κ1) is 15.6. The highest BCUT2D eigenvalue weighted by molar-refractivity contribution is 9.10. The molecule has 1 atom stereocenters. The minimum atomic E-state index is -4.96. The molecule has 0 N–H and O–H groups in total. The number of halogens is 4. The molecular formula is C12H9BrF3NO4. The van der Waals surface area contributed by atoms with Gasteiger partial charge in [-0.05, 0) is 17.7 Å². The van der Waals surface area contributed by atoms with E-state index in [1.54, 1.807) is 24.3 Å². The molecule has 0 aliphatic carbocycles. The van der Waals surface area contributed by atoms with Crippen molar-refractivity contribution in [2.75, 3.05) is 7.11 Å². The fraction of sp³-hybridized carbons (Fsp3) is 0.333. The smallest absolute Gasteiger partial charge is 0.438 e. The van der Waals surface area contributed by atoms with Gasteiger partial charge in [-0.1, -0.05) is 33.2 Å². The maximum Gasteiger partial charge on any atom is 0.511 e. The number of methoxy groups -OCH3 is 1. The third-order valence-corrected chi connectivity index (χ3v) is 3.26. The molecule has 0 radical (unpaired) electrons. The average molecular weight is 368 g/mol. The van der Waals surface area contributed by atoms with Crippen LogP contribution in [0.4, 0.5) is 18.0 Å². The summed E-state index contributed by atoms with van der Waals surface area (Å²) in [6.45, 7) is 0. The number of ether oxygens (including phenoxy) is 2. The molecule has 1 aromatic rings. The molecule has 1 unspecified atom stereocenters. The van der Waals surface area contributed by atoms with Gasteiger partial charge in [0.2, 0.25) is 0 Å². The van der Waals surface area contributed by atoms with Gasteiger partial charge in [-0.2, -0.15) is 13.2 Å². The quantitative estimate of drug-likeness (QED) is 0.749. The Bertz CT molecular complexity index is 573. The highest BCUT2D eigenvalue weighted by Gasteiger charge is 2.65. The van der Waals surface area contributed by atoms with Gasteiger partial charge in [0, 0.05) is 4.47 Å². The number of rotatable bonds is 2. The Labute approximate surface area is 125 Å². The molecule has 2 rings (SSSR count). The minimum Gasteiger partial charge on any atom is -0.438 e. The van der Waals surface area contributed by atoms with Crippen LogP contribution in [0.1, 0.15) is 12.0 Å². The monoisotopic (exact) mass is 367 g/mol. The zero-order chi connectivity index (χ0) is 15.7. The molecule has 1 aliphatic heterocycles. The van der Waals surface area contributed by atoms with Crippen molar-refractivity contribution in [1.82, 2.24) is 0 Å². The predicted molar refractivity (Wildman–Crippen MR) is 68.7 cm³/mol. The summed E-state index contributed by atoms with van der Waals surface area (Å²) in [6, 6.07) is 6.42. The molecule has 0 aromatic heterocycles. The van der Waals surface area contributed by atoms with Gasteiger partial charge in [0.15, 0.2) is 0 Å². The molecule has 1 aromatic carbocycles. The van der Waals surface area contributed by atoms with Crippen molar-refractivity contribution in [1.29, 1.82) is 0 Å². The van der Waals surface area contributed by atoms with E-state index in [4.69, 9.17) is 0 Å². The second kappa shape index (κ2) is 5.55. The van der Waals surface area contributed by atoms with Crippen molar-refractivity contribution in [2.24, 2.45) is 5.16 Å². The molecule has 0 saturated carbocycles. The number of benzene rings is 1. The van der Waals surface area contributed by atoms with Gasteiger partial charge in [0.1, 0.15) is 0 Å². The first-order valence-electron chi connectivity index (χ1n) is 5.62. The van der Waals surface area contributed by atoms with Crippen molar-refractivity contribution < 1.29 is 32.3 Å². The Morgan fingerprint density at radius 3 is 2.52 bits per heavy atom. The minimum absolute atomic E-state index is 0.0173. The Kier molecular flexibility index (Phi) is 4.13. The Hall–Kier alpha value is -1.77. The first-order chi connectivity index (χ1) is 9.77. The Morgan fingerprint density at radius 1 is 1.38 bits per heavy atom. The van der Waals surface area contributed by atoms with Gasteiger partial charge in [-0.25, -0.2) is 4.79 Å². The van der Waals surface area contributed by atoms with Crippen LogP contribution in [0.5, 0.6) is 0 Å². The maximum atomic E-state index is 13.1. The number of carbonyl (C=O) groups is 1. The predicted octanol–water partition coefficient (Wildman–Crippen LogP) is 3.62. The molecular weight excluding hydrogens is 359 g/mol. The number of hydrogen-bond donors (Lipinski definition) is 0. The lowest BCUT2D eigenvalue weighted by molar-refractivity contribution is -0.355. The van der Waals surface area contributed by atoms with E-state index in [2.05, 4.69) is 35.4 Å². The molecule has 21 heavy (non-hydrogen) atoms. The van der Waals surface area contributed by atoms with E-state index in [1.165, 1.54) is 0 Å². The largest absolute Gasteiger partial charge is 0.511 e. The van der Waals surface area contributed by atoms with Crippen LogP contribution < -0.4 is 0 Å². The van der Waals surface area contributed by atoms with Gasteiger partial charge < -0.3 is 14.3 Å². The molecule has 0 amide bonds. The number of oxime groups is 1. The van der Waals surface area contributed by atoms with E-state index in [-0.39, 0.29) is 5.71 Å². The summed E-state index contributed by atoms with van der Waals surface area (Å²) in [4.78, 5) is 15.4. The number of nitrogens with zero attached hydrogens (tertiary/aromatic N) is 1. The lowest BCUT2D eigenvalue weighted by Gasteiger charge is -2.27. The van der Waals surface area contributed by atoms with Gasteiger partial charge in [0.25, 0.3) is 0 Å². The molecule has 0 saturated heterocycles. The first-order valence-corrected chi connectivity index (χ1v) is 6.41. The molecule has 114 valence electrons. The van der Waals surface area contributed by atoms with E-state index in [0.717, 1.165) is 11.6 Å². The maximum absolute atomic E-state index is 13.1. The lowest BCUT2D eigenvalue weighted by atomic mass is 10.0. The van der Waals surface area contributed by atoms with E-state index in [9.17, 15) is 18.0 Å². The molecule has 9 heteroatoms. The fourth-order valence-electron chi connectivity index (χ4n) is 1.65. The van der Waals surface area contributed by atoms with Crippen LogP contribution in [0.15, 0.2) is 33.9 Å². The van der Waals surface area contributed by atoms with Crippen LogP contribution in [0.3, 0.4) is 0 Å². The second-order valence-corrected chi connectivity index (χ2v) is 5.04. The van der Waals surface area contributed by atoms with Gasteiger partial charge in [-0.3, -0.25) is 0 Å². The standard InChI is InChI=1S/C12H9BrF3NO4/c1-19-10(18)20-11(12(14,15)16)6-9(17-21-11)7-2-4-8(13)5-3-7/h2-5H,6H2,1H3. The van der Waals surface area contributed by atoms with Crippen molar-refractivity contribution >= 4 is 27.8 Å². The van der Waals surface area contributed by atoms with Crippen LogP contribution >= 0.6 is 15.9 Å². The second-order valence-electron chi connectivity index (χ2n) is 4.12. The van der Waals surface area contributed by atoms with Crippen molar-refractivity contribution in [3.05, 3.63) is 34.3 Å². The highest BCUT2D eigenvalue weighted by atomic mass is 79.9. The summed E-state index contributed by atoms with van der Waals surface area (Å²) in [5.41, 5.74) is 0.446. The van der Waals surface area contributed by atoms with Crippen molar-refractivity contribution in [3.63, 3.8) is 0 Å². The summed E-state index contributed by atoms with van der Waals surface area (Å²) in [7, 11) is 0.901. The van der Waals surface area contributed by atoms with Gasteiger partial charge in [0.05, 0.1) is 19.2 Å². The van der Waals surface area contributed by atoms with Gasteiger partial charge in [-0.15, -0.1) is 0 Å². The van der Waals surface area contributed by atoms with E-state index < -0.39 is 24.5 Å². The number of alkyl halides is 3. The lowest BCUT2D eigenvalue weighted by Crippen LogP contribution is -2.49. The van der Waals surface area contributed by atoms with E-state index in [1.807, 2.05) is 0 Å². The molecule has 0 fully saturated rings. The molecule has 5 nitrogen and oxygen atoms in total. The van der Waals surface area contributed by atoms with Crippen molar-refractivity contribution in [2.45, 2.75) is 18.4 Å². The summed E-state index contributed by atoms with van der Waals surface area (Å²) in [5.74, 6) is -3.16. The molecule has 1 heterocycles. The summed E-state index contributed by atoms with van der Waals surface area (Å²) < 4.78 is 48.5. The molecule has 0 spiro atoms. The van der Waals surface area contributed by atoms with Gasteiger partial charge >= 0.3 is 18.1 Å². The Morgan fingerprint density at radius 2 is 2.00 bits per heavy atom. The van der Waals surface area contributed by atoms with Crippen LogP contribution in [-0.2, 0) is 14.3 Å². The molecule has 1 aliphatic rings. The van der Waals surface area contributed by atoms with Crippen LogP contribution in [0.25, 0.3) is 0 Å². The highest BCUT2D eigenvalue weighted by Crippen LogP contribution is 2.42. The zero-order valence-electron chi connectivity index (χ0n) is 10.6. The van der Waals surface area contributed by atoms with E-state index in [0.29, 0.717) is 5.56 Å². The Balaban J connectivity index is 2.25. The SMILES string of the molecule is COC(=O)OC1(C(F)(F)F)CC(c2ccc(Br)cc2)=NO1. The molecule has 0 bridgehead atoms. The van der Waals surface area contributed by atoms with E-state index >= 15 is 0 Å². The summed E-state index contributed by atoms with van der Waals surface area (Å²) in [6.07, 6.45) is -7.21. The number of hydrogen-bond acceptors (Lipinski definition) is 5. The van der Waals surface area contributed by atoms with Crippen molar-refractivity contribution in [3.8, 4) is 0 Å². The number of carbonyl (C=O) groups excluding carboxylic acids is 1. The third-order valence-electron chi connectivity index (χ3n) is 2.73. The van der Waals surface area contributed by atoms with Crippen LogP contribution in [0, 0.1) is 0 Å². The van der Waals surface area contributed by atoms with Crippen LogP contribution in [-0.4, -0.2) is 30.9 Å². The fourth-order valence-corrected chi connectivity index (χ4v) is 1.92. The summed E-state index contributed by atoms with van der Waals surface area (Å²) >= 11 is 3.21. The van der Waals surface area contributed by atoms with Crippen LogP contribution in [0.2, 0.25) is 0 Å². The zero-order valence-corrected chi connectivity index (χ0v) is 12.2. The topological polar surface area (TPSA) is 57.1 Å².